The van der Waals surface area contributed by atoms with Crippen molar-refractivity contribution in [2.75, 3.05) is 13.1 Å². The number of hydroxylamine groups is 2. The topological polar surface area (TPSA) is 142 Å². The van der Waals surface area contributed by atoms with Crippen LogP contribution in [0.4, 0.5) is 0 Å². The van der Waals surface area contributed by atoms with Crippen LogP contribution in [0.3, 0.4) is 0 Å². The molecule has 0 aromatic carbocycles. The van der Waals surface area contributed by atoms with E-state index >= 15 is 0 Å². The number of unbranched alkanes of at least 4 members (excludes halogenated alkanes) is 1. The van der Waals surface area contributed by atoms with Gasteiger partial charge in [-0.3, -0.25) is 14.4 Å². The van der Waals surface area contributed by atoms with E-state index in [1.807, 2.05) is 0 Å². The van der Waals surface area contributed by atoms with Gasteiger partial charge in [0.1, 0.15) is 6.54 Å². The van der Waals surface area contributed by atoms with E-state index < -0.39 is 24.3 Å². The van der Waals surface area contributed by atoms with Gasteiger partial charge in [-0.2, -0.15) is 0 Å². The summed E-state index contributed by atoms with van der Waals surface area (Å²) >= 11 is 0. The van der Waals surface area contributed by atoms with Crippen LogP contribution in [0.5, 0.6) is 0 Å². The smallest absolute Gasteiger partial charge is 0.345 e. The Kier molecular flexibility index (Phi) is 6.69. The molecule has 0 spiro atoms. The second-order valence-electron chi connectivity index (χ2n) is 4.23. The lowest BCUT2D eigenvalue weighted by molar-refractivity contribution is -0.196. The van der Waals surface area contributed by atoms with Gasteiger partial charge in [-0.1, -0.05) is 5.11 Å². The van der Waals surface area contributed by atoms with E-state index in [4.69, 9.17) is 5.53 Å². The second kappa shape index (κ2) is 8.54. The molecule has 0 aliphatic carbocycles. The van der Waals surface area contributed by atoms with Crippen LogP contribution in [-0.2, 0) is 24.0 Å². The fourth-order valence-corrected chi connectivity index (χ4v) is 1.56. The Morgan fingerprint density at radius 3 is 2.57 bits per heavy atom. The van der Waals surface area contributed by atoms with Crippen molar-refractivity contribution in [1.82, 2.24) is 10.4 Å². The number of carbonyl (C=O) groups is 4. The van der Waals surface area contributed by atoms with Crippen LogP contribution in [0, 0.1) is 0 Å². The highest BCUT2D eigenvalue weighted by Gasteiger charge is 2.32. The molecule has 114 valence electrons. The number of azide groups is 1. The summed E-state index contributed by atoms with van der Waals surface area (Å²) in [5.74, 6) is -2.40. The van der Waals surface area contributed by atoms with Gasteiger partial charge in [0.05, 0.1) is 0 Å². The summed E-state index contributed by atoms with van der Waals surface area (Å²) in [6.07, 6.45) is 1.30. The predicted octanol–water partition coefficient (Wildman–Crippen LogP) is 0.190. The highest BCUT2D eigenvalue weighted by atomic mass is 16.7. The fourth-order valence-electron chi connectivity index (χ4n) is 1.56. The Labute approximate surface area is 120 Å². The summed E-state index contributed by atoms with van der Waals surface area (Å²) in [6.45, 7) is -0.114. The number of amides is 3. The Morgan fingerprint density at radius 1 is 1.29 bits per heavy atom. The molecule has 1 heterocycles. The molecular formula is C11H15N5O5. The maximum absolute atomic E-state index is 11.4. The molecule has 0 aromatic rings. The molecule has 1 rings (SSSR count). The molecule has 21 heavy (non-hydrogen) atoms. The molecule has 1 aliphatic rings. The first-order chi connectivity index (χ1) is 10.0. The van der Waals surface area contributed by atoms with Crippen LogP contribution in [0.25, 0.3) is 10.4 Å². The molecular weight excluding hydrogens is 282 g/mol. The van der Waals surface area contributed by atoms with E-state index in [0.29, 0.717) is 24.4 Å². The van der Waals surface area contributed by atoms with Crippen molar-refractivity contribution in [3.05, 3.63) is 10.4 Å². The number of carbonyl (C=O) groups excluding carboxylic acids is 4. The van der Waals surface area contributed by atoms with Crippen molar-refractivity contribution < 1.29 is 24.0 Å². The number of nitrogens with zero attached hydrogens (tertiary/aromatic N) is 4. The summed E-state index contributed by atoms with van der Waals surface area (Å²) in [5.41, 5.74) is 8.05. The zero-order valence-corrected chi connectivity index (χ0v) is 11.3. The molecule has 0 atom stereocenters. The zero-order valence-electron chi connectivity index (χ0n) is 11.3. The van der Waals surface area contributed by atoms with E-state index in [9.17, 15) is 19.2 Å². The number of hydrogen-bond acceptors (Lipinski definition) is 6. The van der Waals surface area contributed by atoms with Gasteiger partial charge in [-0.05, 0) is 18.4 Å². The van der Waals surface area contributed by atoms with Crippen LogP contribution in [0.2, 0.25) is 0 Å². The molecule has 1 aliphatic heterocycles. The van der Waals surface area contributed by atoms with Crippen LogP contribution in [0.1, 0.15) is 32.1 Å². The number of hydrogen-bond donors (Lipinski definition) is 1. The average Bonchev–Trinajstić information content (AvgIpc) is 2.77. The van der Waals surface area contributed by atoms with Crippen molar-refractivity contribution in [3.8, 4) is 0 Å². The largest absolute Gasteiger partial charge is 0.352 e. The average molecular weight is 297 g/mol. The number of imide groups is 1. The van der Waals surface area contributed by atoms with Crippen molar-refractivity contribution >= 4 is 23.7 Å². The molecule has 1 saturated heterocycles. The summed E-state index contributed by atoms with van der Waals surface area (Å²) in [7, 11) is 0. The van der Waals surface area contributed by atoms with Crippen LogP contribution < -0.4 is 5.32 Å². The highest BCUT2D eigenvalue weighted by molar-refractivity contribution is 6.01. The van der Waals surface area contributed by atoms with Gasteiger partial charge in [-0.15, -0.1) is 5.06 Å². The van der Waals surface area contributed by atoms with Crippen molar-refractivity contribution in [2.45, 2.75) is 32.1 Å². The van der Waals surface area contributed by atoms with E-state index in [1.165, 1.54) is 0 Å². The Hall–Kier alpha value is -2.61. The Balaban J connectivity index is 2.17. The van der Waals surface area contributed by atoms with E-state index in [1.54, 1.807) is 0 Å². The third-order valence-corrected chi connectivity index (χ3v) is 2.60. The molecule has 3 amide bonds. The zero-order chi connectivity index (χ0) is 15.7. The fraction of sp³-hybridized carbons (Fsp3) is 0.636. The SMILES string of the molecule is [N-]=[N+]=NCCCCC(=O)NCC(=O)ON1C(=O)CCC1=O. The van der Waals surface area contributed by atoms with Gasteiger partial charge in [0.2, 0.25) is 5.91 Å². The molecule has 10 nitrogen and oxygen atoms in total. The lowest BCUT2D eigenvalue weighted by Crippen LogP contribution is -2.37. The minimum atomic E-state index is -0.888. The lowest BCUT2D eigenvalue weighted by Gasteiger charge is -2.12. The molecule has 1 N–H and O–H groups in total. The van der Waals surface area contributed by atoms with Gasteiger partial charge < -0.3 is 10.2 Å². The van der Waals surface area contributed by atoms with E-state index in [2.05, 4.69) is 20.2 Å². The lowest BCUT2D eigenvalue weighted by atomic mass is 10.2. The van der Waals surface area contributed by atoms with Crippen LogP contribution in [0.15, 0.2) is 5.11 Å². The minimum absolute atomic E-state index is 0.0175. The third kappa shape index (κ3) is 5.91. The first-order valence-corrected chi connectivity index (χ1v) is 6.38. The van der Waals surface area contributed by atoms with Gasteiger partial charge in [-0.25, -0.2) is 4.79 Å². The molecule has 0 saturated carbocycles. The van der Waals surface area contributed by atoms with E-state index in [-0.39, 0.29) is 25.2 Å². The summed E-state index contributed by atoms with van der Waals surface area (Å²) in [6, 6.07) is 0. The molecule has 0 bridgehead atoms. The number of rotatable bonds is 8. The quantitative estimate of drug-likeness (QED) is 0.224. The van der Waals surface area contributed by atoms with Gasteiger partial charge in [0.25, 0.3) is 11.8 Å². The minimum Gasteiger partial charge on any atom is -0.345 e. The van der Waals surface area contributed by atoms with Crippen molar-refractivity contribution in [1.29, 1.82) is 0 Å². The predicted molar refractivity (Wildman–Crippen MR) is 68.1 cm³/mol. The monoisotopic (exact) mass is 297 g/mol. The maximum Gasteiger partial charge on any atom is 0.352 e. The molecule has 1 fully saturated rings. The molecule has 0 unspecified atom stereocenters. The second-order valence-corrected chi connectivity index (χ2v) is 4.23. The van der Waals surface area contributed by atoms with Crippen molar-refractivity contribution in [3.63, 3.8) is 0 Å². The summed E-state index contributed by atoms with van der Waals surface area (Å²) < 4.78 is 0. The van der Waals surface area contributed by atoms with Crippen LogP contribution in [-0.4, -0.2) is 41.8 Å². The van der Waals surface area contributed by atoms with Crippen LogP contribution >= 0.6 is 0 Å². The maximum atomic E-state index is 11.4. The molecule has 0 aromatic heterocycles. The number of nitrogens with one attached hydrogen (secondary N) is 1. The third-order valence-electron chi connectivity index (χ3n) is 2.60. The Bertz CT molecular complexity index is 469. The first-order valence-electron chi connectivity index (χ1n) is 6.38. The normalized spacial score (nSPS) is 13.8. The van der Waals surface area contributed by atoms with Crippen molar-refractivity contribution in [2.24, 2.45) is 5.11 Å². The van der Waals surface area contributed by atoms with Gasteiger partial charge in [0.15, 0.2) is 0 Å². The summed E-state index contributed by atoms with van der Waals surface area (Å²) in [4.78, 5) is 52.3. The van der Waals surface area contributed by atoms with E-state index in [0.717, 1.165) is 0 Å². The highest BCUT2D eigenvalue weighted by Crippen LogP contribution is 2.11. The van der Waals surface area contributed by atoms with Gasteiger partial charge >= 0.3 is 5.97 Å². The molecule has 0 radical (unpaired) electrons. The Morgan fingerprint density at radius 2 is 1.95 bits per heavy atom. The molecule has 10 heteroatoms. The van der Waals surface area contributed by atoms with Gasteiger partial charge in [0, 0.05) is 30.7 Å². The summed E-state index contributed by atoms with van der Waals surface area (Å²) in [5, 5.41) is 6.06. The standard InChI is InChI=1S/C11H15N5O5/c12-15-14-6-2-1-3-8(17)13-7-11(20)21-16-9(18)4-5-10(16)19/h1-7H2,(H,13,17). The first kappa shape index (κ1) is 16.4.